The number of aryl methyl sites for hydroxylation is 1. The number of nitrogens with one attached hydrogen (secondary N) is 1. The van der Waals surface area contributed by atoms with Crippen LogP contribution in [-0.2, 0) is 9.53 Å². The molecule has 2 heterocycles. The number of ether oxygens (including phenoxy) is 2. The predicted molar refractivity (Wildman–Crippen MR) is 94.7 cm³/mol. The molecule has 0 aliphatic heterocycles. The second-order valence-corrected chi connectivity index (χ2v) is 5.78. The van der Waals surface area contributed by atoms with Gasteiger partial charge in [-0.05, 0) is 25.5 Å². The number of nitrogens with zero attached hydrogens (tertiary/aromatic N) is 3. The zero-order valence-corrected chi connectivity index (χ0v) is 15.0. The molecule has 0 saturated carbocycles. The van der Waals surface area contributed by atoms with E-state index < -0.39 is 5.82 Å². The second kappa shape index (κ2) is 8.54. The summed E-state index contributed by atoms with van der Waals surface area (Å²) < 4.78 is 29.3. The molecule has 0 spiro atoms. The summed E-state index contributed by atoms with van der Waals surface area (Å²) in [6.45, 7) is 2.48. The van der Waals surface area contributed by atoms with Crippen LogP contribution in [0.15, 0.2) is 28.8 Å². The van der Waals surface area contributed by atoms with Gasteiger partial charge >= 0.3 is 0 Å². The van der Waals surface area contributed by atoms with Gasteiger partial charge in [-0.15, -0.1) is 0 Å². The molecular weight excluding hydrogens is 355 g/mol. The summed E-state index contributed by atoms with van der Waals surface area (Å²) in [7, 11) is 1.60. The van der Waals surface area contributed by atoms with Gasteiger partial charge in [0, 0.05) is 25.8 Å². The van der Waals surface area contributed by atoms with Crippen molar-refractivity contribution >= 4 is 17.0 Å². The van der Waals surface area contributed by atoms with Crippen LogP contribution in [0.2, 0.25) is 0 Å². The molecule has 1 amide bonds. The SMILES string of the molecule is COCCCNC(=O)COc1nc(C)nc2onc(-c3cccc(F)c3)c12. The summed E-state index contributed by atoms with van der Waals surface area (Å²) in [6, 6.07) is 5.90. The Morgan fingerprint density at radius 3 is 2.96 bits per heavy atom. The molecule has 0 fully saturated rings. The number of rotatable bonds is 8. The van der Waals surface area contributed by atoms with Crippen molar-refractivity contribution in [1.29, 1.82) is 0 Å². The number of hydrogen-bond donors (Lipinski definition) is 1. The van der Waals surface area contributed by atoms with Gasteiger partial charge < -0.3 is 19.3 Å². The first kappa shape index (κ1) is 18.7. The Labute approximate surface area is 154 Å². The van der Waals surface area contributed by atoms with E-state index in [0.29, 0.717) is 42.0 Å². The summed E-state index contributed by atoms with van der Waals surface area (Å²) in [4.78, 5) is 20.3. The lowest BCUT2D eigenvalue weighted by molar-refractivity contribution is -0.123. The van der Waals surface area contributed by atoms with E-state index in [-0.39, 0.29) is 24.1 Å². The van der Waals surface area contributed by atoms with Crippen LogP contribution in [0.4, 0.5) is 4.39 Å². The number of carbonyl (C=O) groups excluding carboxylic acids is 1. The quantitative estimate of drug-likeness (QED) is 0.604. The van der Waals surface area contributed by atoms with E-state index in [4.69, 9.17) is 14.0 Å². The number of hydrogen-bond acceptors (Lipinski definition) is 7. The fraction of sp³-hybridized carbons (Fsp3) is 0.333. The van der Waals surface area contributed by atoms with Crippen LogP contribution in [0.25, 0.3) is 22.4 Å². The molecule has 1 aromatic carbocycles. The molecular formula is C18H19FN4O4. The van der Waals surface area contributed by atoms with Gasteiger partial charge in [-0.2, -0.15) is 9.97 Å². The molecule has 0 atom stereocenters. The first-order chi connectivity index (χ1) is 13.1. The molecule has 3 rings (SSSR count). The van der Waals surface area contributed by atoms with E-state index in [1.807, 2.05) is 0 Å². The number of benzene rings is 1. The summed E-state index contributed by atoms with van der Waals surface area (Å²) >= 11 is 0. The van der Waals surface area contributed by atoms with Gasteiger partial charge in [0.05, 0.1) is 0 Å². The van der Waals surface area contributed by atoms with Gasteiger partial charge in [0.25, 0.3) is 11.6 Å². The minimum Gasteiger partial charge on any atom is -0.467 e. The van der Waals surface area contributed by atoms with Crippen molar-refractivity contribution in [3.63, 3.8) is 0 Å². The normalized spacial score (nSPS) is 10.9. The van der Waals surface area contributed by atoms with Crippen LogP contribution in [0.5, 0.6) is 5.88 Å². The monoisotopic (exact) mass is 374 g/mol. The Bertz CT molecular complexity index is 944. The molecule has 0 bridgehead atoms. The highest BCUT2D eigenvalue weighted by molar-refractivity contribution is 5.93. The van der Waals surface area contributed by atoms with Gasteiger partial charge in [0.1, 0.15) is 22.7 Å². The van der Waals surface area contributed by atoms with Crippen molar-refractivity contribution in [3.05, 3.63) is 35.9 Å². The lowest BCUT2D eigenvalue weighted by Crippen LogP contribution is -2.30. The van der Waals surface area contributed by atoms with E-state index in [0.717, 1.165) is 0 Å². The maximum absolute atomic E-state index is 13.6. The fourth-order valence-corrected chi connectivity index (χ4v) is 2.49. The third-order valence-electron chi connectivity index (χ3n) is 3.70. The van der Waals surface area contributed by atoms with Crippen molar-refractivity contribution in [3.8, 4) is 17.1 Å². The summed E-state index contributed by atoms with van der Waals surface area (Å²) in [5.74, 6) is -0.140. The first-order valence-electron chi connectivity index (χ1n) is 8.37. The third-order valence-corrected chi connectivity index (χ3v) is 3.70. The number of methoxy groups -OCH3 is 1. The number of amides is 1. The molecule has 8 nitrogen and oxygen atoms in total. The number of halogens is 1. The summed E-state index contributed by atoms with van der Waals surface area (Å²) in [5.41, 5.74) is 1.05. The Balaban J connectivity index is 1.82. The summed E-state index contributed by atoms with van der Waals surface area (Å²) in [5, 5.41) is 7.08. The van der Waals surface area contributed by atoms with Crippen LogP contribution in [-0.4, -0.2) is 47.9 Å². The zero-order valence-electron chi connectivity index (χ0n) is 15.0. The lowest BCUT2D eigenvalue weighted by atomic mass is 10.1. The third kappa shape index (κ3) is 4.56. The van der Waals surface area contributed by atoms with Crippen LogP contribution >= 0.6 is 0 Å². The molecule has 0 radical (unpaired) electrons. The molecule has 3 aromatic rings. The maximum atomic E-state index is 13.6. The lowest BCUT2D eigenvalue weighted by Gasteiger charge is -2.08. The first-order valence-corrected chi connectivity index (χ1v) is 8.37. The average Bonchev–Trinajstić information content (AvgIpc) is 3.07. The predicted octanol–water partition coefficient (Wildman–Crippen LogP) is 2.26. The Kier molecular flexibility index (Phi) is 5.92. The molecule has 142 valence electrons. The molecule has 0 aliphatic rings. The Morgan fingerprint density at radius 2 is 2.19 bits per heavy atom. The van der Waals surface area contributed by atoms with Crippen LogP contribution in [0, 0.1) is 12.7 Å². The van der Waals surface area contributed by atoms with Crippen LogP contribution < -0.4 is 10.1 Å². The highest BCUT2D eigenvalue weighted by atomic mass is 19.1. The molecule has 9 heteroatoms. The van der Waals surface area contributed by atoms with Crippen molar-refractivity contribution in [2.45, 2.75) is 13.3 Å². The number of aromatic nitrogens is 3. The van der Waals surface area contributed by atoms with E-state index in [1.165, 1.54) is 12.1 Å². The molecule has 1 N–H and O–H groups in total. The highest BCUT2D eigenvalue weighted by Crippen LogP contribution is 2.33. The fourth-order valence-electron chi connectivity index (χ4n) is 2.49. The van der Waals surface area contributed by atoms with Crippen molar-refractivity contribution in [2.75, 3.05) is 26.9 Å². The van der Waals surface area contributed by atoms with Gasteiger partial charge in [0.2, 0.25) is 5.88 Å². The molecule has 0 unspecified atom stereocenters. The Hall–Kier alpha value is -3.07. The van der Waals surface area contributed by atoms with E-state index in [9.17, 15) is 9.18 Å². The number of carbonyl (C=O) groups is 1. The van der Waals surface area contributed by atoms with E-state index in [2.05, 4.69) is 20.4 Å². The number of fused-ring (bicyclic) bond motifs is 1. The Morgan fingerprint density at radius 1 is 1.33 bits per heavy atom. The molecule has 0 saturated heterocycles. The maximum Gasteiger partial charge on any atom is 0.265 e. The molecule has 27 heavy (non-hydrogen) atoms. The second-order valence-electron chi connectivity index (χ2n) is 5.78. The van der Waals surface area contributed by atoms with Crippen molar-refractivity contribution in [1.82, 2.24) is 20.4 Å². The minimum absolute atomic E-state index is 0.157. The van der Waals surface area contributed by atoms with E-state index in [1.54, 1.807) is 26.2 Å². The zero-order chi connectivity index (χ0) is 19.2. The summed E-state index contributed by atoms with van der Waals surface area (Å²) in [6.07, 6.45) is 0.703. The standard InChI is InChI=1S/C18H19FN4O4/c1-11-21-17(26-10-14(24)20-7-4-8-25-2)15-16(23-27-18(15)22-11)12-5-3-6-13(19)9-12/h3,5-6,9H,4,7-8,10H2,1-2H3,(H,20,24). The average molecular weight is 374 g/mol. The smallest absolute Gasteiger partial charge is 0.265 e. The van der Waals surface area contributed by atoms with Gasteiger partial charge in [-0.25, -0.2) is 4.39 Å². The topological polar surface area (TPSA) is 99.4 Å². The van der Waals surface area contributed by atoms with Gasteiger partial charge in [-0.3, -0.25) is 4.79 Å². The van der Waals surface area contributed by atoms with Gasteiger partial charge in [0.15, 0.2) is 6.61 Å². The van der Waals surface area contributed by atoms with E-state index >= 15 is 0 Å². The van der Waals surface area contributed by atoms with Gasteiger partial charge in [-0.1, -0.05) is 17.3 Å². The van der Waals surface area contributed by atoms with Crippen molar-refractivity contribution in [2.24, 2.45) is 0 Å². The highest BCUT2D eigenvalue weighted by Gasteiger charge is 2.20. The molecule has 2 aromatic heterocycles. The molecule has 0 aliphatic carbocycles. The van der Waals surface area contributed by atoms with Crippen LogP contribution in [0.1, 0.15) is 12.2 Å². The van der Waals surface area contributed by atoms with Crippen LogP contribution in [0.3, 0.4) is 0 Å². The minimum atomic E-state index is -0.408. The largest absolute Gasteiger partial charge is 0.467 e. The van der Waals surface area contributed by atoms with Crippen molar-refractivity contribution < 1.29 is 23.2 Å².